The van der Waals surface area contributed by atoms with Gasteiger partial charge in [-0.2, -0.15) is 0 Å². The SMILES string of the molecule is COc1cc(C(=O)Oc2ccc(Cl)cc2Cl)ccc1OCC(=O)NC(C)C. The molecule has 0 saturated carbocycles. The van der Waals surface area contributed by atoms with Crippen molar-refractivity contribution in [1.29, 1.82) is 0 Å². The number of halogens is 2. The number of amides is 1. The van der Waals surface area contributed by atoms with E-state index in [-0.39, 0.29) is 34.9 Å². The summed E-state index contributed by atoms with van der Waals surface area (Å²) in [6.45, 7) is 3.54. The van der Waals surface area contributed by atoms with Crippen molar-refractivity contribution in [3.8, 4) is 17.2 Å². The van der Waals surface area contributed by atoms with E-state index in [1.165, 1.54) is 37.4 Å². The molecule has 0 aliphatic heterocycles. The quantitative estimate of drug-likeness (QED) is 0.547. The summed E-state index contributed by atoms with van der Waals surface area (Å²) >= 11 is 11.8. The average molecular weight is 412 g/mol. The van der Waals surface area contributed by atoms with Crippen LogP contribution in [0.5, 0.6) is 17.2 Å². The van der Waals surface area contributed by atoms with Crippen LogP contribution in [0.4, 0.5) is 0 Å². The summed E-state index contributed by atoms with van der Waals surface area (Å²) in [7, 11) is 1.43. The Bertz CT molecular complexity index is 839. The summed E-state index contributed by atoms with van der Waals surface area (Å²) in [6.07, 6.45) is 0. The Morgan fingerprint density at radius 3 is 2.37 bits per heavy atom. The summed E-state index contributed by atoms with van der Waals surface area (Å²) in [4.78, 5) is 24.0. The molecule has 0 bridgehead atoms. The van der Waals surface area contributed by atoms with Gasteiger partial charge in [0.05, 0.1) is 17.7 Å². The highest BCUT2D eigenvalue weighted by molar-refractivity contribution is 6.35. The number of hydrogen-bond donors (Lipinski definition) is 1. The fourth-order valence-corrected chi connectivity index (χ4v) is 2.58. The second kappa shape index (κ2) is 9.48. The zero-order chi connectivity index (χ0) is 20.0. The molecule has 1 N–H and O–H groups in total. The maximum atomic E-state index is 12.3. The number of carbonyl (C=O) groups excluding carboxylic acids is 2. The molecular weight excluding hydrogens is 393 g/mol. The van der Waals surface area contributed by atoms with Crippen molar-refractivity contribution in [3.63, 3.8) is 0 Å². The Labute approximate surface area is 167 Å². The molecule has 6 nitrogen and oxygen atoms in total. The van der Waals surface area contributed by atoms with Crippen LogP contribution in [0.3, 0.4) is 0 Å². The van der Waals surface area contributed by atoms with Gasteiger partial charge in [-0.1, -0.05) is 23.2 Å². The lowest BCUT2D eigenvalue weighted by Crippen LogP contribution is -2.34. The molecule has 1 amide bonds. The molecule has 0 heterocycles. The second-order valence-corrected chi connectivity index (χ2v) is 6.68. The number of nitrogens with one attached hydrogen (secondary N) is 1. The van der Waals surface area contributed by atoms with Crippen molar-refractivity contribution < 1.29 is 23.8 Å². The predicted molar refractivity (Wildman–Crippen MR) is 103 cm³/mol. The van der Waals surface area contributed by atoms with Gasteiger partial charge in [0.15, 0.2) is 18.1 Å². The molecule has 0 unspecified atom stereocenters. The number of methoxy groups -OCH3 is 1. The number of hydrogen-bond acceptors (Lipinski definition) is 5. The minimum Gasteiger partial charge on any atom is -0.493 e. The second-order valence-electron chi connectivity index (χ2n) is 5.84. The third-order valence-corrected chi connectivity index (χ3v) is 3.83. The van der Waals surface area contributed by atoms with Crippen molar-refractivity contribution in [2.45, 2.75) is 19.9 Å². The third-order valence-electron chi connectivity index (χ3n) is 3.30. The van der Waals surface area contributed by atoms with Gasteiger partial charge in [-0.3, -0.25) is 4.79 Å². The molecule has 27 heavy (non-hydrogen) atoms. The first kappa shape index (κ1) is 20.9. The molecule has 8 heteroatoms. The Balaban J connectivity index is 2.10. The topological polar surface area (TPSA) is 73.9 Å². The summed E-state index contributed by atoms with van der Waals surface area (Å²) < 4.78 is 16.0. The molecule has 2 aromatic carbocycles. The van der Waals surface area contributed by atoms with Gasteiger partial charge in [0, 0.05) is 11.1 Å². The highest BCUT2D eigenvalue weighted by atomic mass is 35.5. The Morgan fingerprint density at radius 2 is 1.74 bits per heavy atom. The maximum absolute atomic E-state index is 12.3. The van der Waals surface area contributed by atoms with E-state index in [0.29, 0.717) is 16.5 Å². The lowest BCUT2D eigenvalue weighted by atomic mass is 10.2. The van der Waals surface area contributed by atoms with Crippen LogP contribution in [-0.4, -0.2) is 31.6 Å². The van der Waals surface area contributed by atoms with Gasteiger partial charge in [-0.05, 0) is 50.2 Å². The molecule has 0 spiro atoms. The van der Waals surface area contributed by atoms with E-state index in [4.69, 9.17) is 37.4 Å². The van der Waals surface area contributed by atoms with Crippen LogP contribution in [0.15, 0.2) is 36.4 Å². The van der Waals surface area contributed by atoms with Gasteiger partial charge in [0.1, 0.15) is 5.75 Å². The molecular formula is C19H19Cl2NO5. The van der Waals surface area contributed by atoms with Crippen molar-refractivity contribution >= 4 is 35.1 Å². The molecule has 0 aliphatic carbocycles. The number of ether oxygens (including phenoxy) is 3. The lowest BCUT2D eigenvalue weighted by molar-refractivity contribution is -0.123. The van der Waals surface area contributed by atoms with E-state index in [1.54, 1.807) is 6.07 Å². The standard InChI is InChI=1S/C19H19Cl2NO5/c1-11(2)22-18(23)10-26-16-6-4-12(8-17(16)25-3)19(24)27-15-7-5-13(20)9-14(15)21/h4-9,11H,10H2,1-3H3,(H,22,23). The molecule has 0 aromatic heterocycles. The first-order valence-electron chi connectivity index (χ1n) is 8.07. The van der Waals surface area contributed by atoms with E-state index in [2.05, 4.69) is 5.32 Å². The fourth-order valence-electron chi connectivity index (χ4n) is 2.14. The van der Waals surface area contributed by atoms with Gasteiger partial charge in [0.2, 0.25) is 0 Å². The molecule has 0 saturated heterocycles. The number of benzene rings is 2. The Hall–Kier alpha value is -2.44. The molecule has 2 aromatic rings. The van der Waals surface area contributed by atoms with Gasteiger partial charge < -0.3 is 19.5 Å². The highest BCUT2D eigenvalue weighted by Gasteiger charge is 2.16. The molecule has 0 radical (unpaired) electrons. The highest BCUT2D eigenvalue weighted by Crippen LogP contribution is 2.31. The molecule has 0 aliphatic rings. The monoisotopic (exact) mass is 411 g/mol. The van der Waals surface area contributed by atoms with Crippen molar-refractivity contribution in [3.05, 3.63) is 52.0 Å². The Morgan fingerprint density at radius 1 is 1.04 bits per heavy atom. The summed E-state index contributed by atoms with van der Waals surface area (Å²) in [5.74, 6) is -0.0632. The summed E-state index contributed by atoms with van der Waals surface area (Å²) in [5, 5.41) is 3.37. The van der Waals surface area contributed by atoms with Crippen LogP contribution in [0.25, 0.3) is 0 Å². The number of rotatable bonds is 7. The first-order chi connectivity index (χ1) is 12.8. The van der Waals surface area contributed by atoms with Gasteiger partial charge in [0.25, 0.3) is 5.91 Å². The molecule has 0 fully saturated rings. The van der Waals surface area contributed by atoms with Crippen LogP contribution in [0, 0.1) is 0 Å². The van der Waals surface area contributed by atoms with Crippen LogP contribution >= 0.6 is 23.2 Å². The summed E-state index contributed by atoms with van der Waals surface area (Å²) in [5.41, 5.74) is 0.233. The van der Waals surface area contributed by atoms with E-state index in [1.807, 2.05) is 13.8 Å². The smallest absolute Gasteiger partial charge is 0.343 e. The van der Waals surface area contributed by atoms with Crippen LogP contribution in [0.1, 0.15) is 24.2 Å². The predicted octanol–water partition coefficient (Wildman–Crippen LogP) is 4.12. The molecule has 0 atom stereocenters. The van der Waals surface area contributed by atoms with E-state index in [0.717, 1.165) is 0 Å². The minimum atomic E-state index is -0.623. The zero-order valence-corrected chi connectivity index (χ0v) is 16.6. The minimum absolute atomic E-state index is 0.0137. The molecule has 144 valence electrons. The Kier molecular flexibility index (Phi) is 7.33. The third kappa shape index (κ3) is 6.05. The molecule has 2 rings (SSSR count). The van der Waals surface area contributed by atoms with Crippen molar-refractivity contribution in [2.75, 3.05) is 13.7 Å². The van der Waals surface area contributed by atoms with Gasteiger partial charge in [-0.15, -0.1) is 0 Å². The number of carbonyl (C=O) groups is 2. The van der Waals surface area contributed by atoms with Crippen LogP contribution < -0.4 is 19.5 Å². The largest absolute Gasteiger partial charge is 0.493 e. The van der Waals surface area contributed by atoms with Crippen LogP contribution in [-0.2, 0) is 4.79 Å². The number of esters is 1. The van der Waals surface area contributed by atoms with E-state index < -0.39 is 5.97 Å². The van der Waals surface area contributed by atoms with Gasteiger partial charge in [-0.25, -0.2) is 4.79 Å². The van der Waals surface area contributed by atoms with Crippen molar-refractivity contribution in [2.24, 2.45) is 0 Å². The van der Waals surface area contributed by atoms with Crippen molar-refractivity contribution in [1.82, 2.24) is 5.32 Å². The van der Waals surface area contributed by atoms with Gasteiger partial charge >= 0.3 is 5.97 Å². The van der Waals surface area contributed by atoms with Crippen LogP contribution in [0.2, 0.25) is 10.0 Å². The average Bonchev–Trinajstić information content (AvgIpc) is 2.61. The van der Waals surface area contributed by atoms with E-state index in [9.17, 15) is 9.59 Å². The first-order valence-corrected chi connectivity index (χ1v) is 8.83. The van der Waals surface area contributed by atoms with E-state index >= 15 is 0 Å². The fraction of sp³-hybridized carbons (Fsp3) is 0.263. The normalized spacial score (nSPS) is 10.4. The summed E-state index contributed by atoms with van der Waals surface area (Å²) in [6, 6.07) is 9.05. The lowest BCUT2D eigenvalue weighted by Gasteiger charge is -2.13. The zero-order valence-electron chi connectivity index (χ0n) is 15.0. The maximum Gasteiger partial charge on any atom is 0.343 e.